The van der Waals surface area contributed by atoms with Crippen molar-refractivity contribution < 1.29 is 4.79 Å². The molecule has 0 unspecified atom stereocenters. The van der Waals surface area contributed by atoms with Crippen LogP contribution < -0.4 is 10.2 Å². The van der Waals surface area contributed by atoms with E-state index < -0.39 is 0 Å². The van der Waals surface area contributed by atoms with Crippen molar-refractivity contribution in [3.8, 4) is 6.07 Å². The van der Waals surface area contributed by atoms with Crippen molar-refractivity contribution in [3.63, 3.8) is 0 Å². The molecule has 1 N–H and O–H groups in total. The Balaban J connectivity index is 1.98. The highest BCUT2D eigenvalue weighted by Gasteiger charge is 2.08. The van der Waals surface area contributed by atoms with Crippen molar-refractivity contribution in [2.24, 2.45) is 0 Å². The number of aryl methyl sites for hydroxylation is 1. The summed E-state index contributed by atoms with van der Waals surface area (Å²) >= 11 is 7.02. The summed E-state index contributed by atoms with van der Waals surface area (Å²) in [5.74, 6) is -0.215. The van der Waals surface area contributed by atoms with Crippen molar-refractivity contribution >= 4 is 34.5 Å². The molecule has 0 fully saturated rings. The number of thiazole rings is 1. The summed E-state index contributed by atoms with van der Waals surface area (Å²) in [7, 11) is 0. The van der Waals surface area contributed by atoms with Crippen LogP contribution in [0.25, 0.3) is 0 Å². The minimum atomic E-state index is -0.215. The predicted octanol–water partition coefficient (Wildman–Crippen LogP) is 2.77. The second-order valence-corrected chi connectivity index (χ2v) is 5.63. The maximum absolute atomic E-state index is 11.9. The summed E-state index contributed by atoms with van der Waals surface area (Å²) in [6, 6.07) is 6.64. The lowest BCUT2D eigenvalue weighted by Crippen LogP contribution is -2.20. The minimum absolute atomic E-state index is 0.0679. The number of benzene rings is 1. The molecule has 0 atom stereocenters. The Morgan fingerprint density at radius 1 is 1.52 bits per heavy atom. The van der Waals surface area contributed by atoms with Crippen LogP contribution in [-0.4, -0.2) is 10.5 Å². The Morgan fingerprint density at radius 2 is 2.29 bits per heavy atom. The molecule has 1 aromatic heterocycles. The van der Waals surface area contributed by atoms with E-state index in [4.69, 9.17) is 16.9 Å². The first-order chi connectivity index (χ1) is 10.0. The molecule has 2 rings (SSSR count). The molecule has 0 aliphatic carbocycles. The van der Waals surface area contributed by atoms with E-state index in [1.165, 1.54) is 6.07 Å². The lowest BCUT2D eigenvalue weighted by atomic mass is 10.2. The molecule has 0 saturated heterocycles. The molecule has 0 radical (unpaired) electrons. The van der Waals surface area contributed by atoms with E-state index in [2.05, 4.69) is 5.32 Å². The molecule has 1 amide bonds. The van der Waals surface area contributed by atoms with Crippen molar-refractivity contribution in [1.82, 2.24) is 4.57 Å². The maximum atomic E-state index is 11.9. The monoisotopic (exact) mass is 321 g/mol. The molecule has 108 valence electrons. The highest BCUT2D eigenvalue weighted by Crippen LogP contribution is 2.20. The highest BCUT2D eigenvalue weighted by molar-refractivity contribution is 7.07. The average molecular weight is 322 g/mol. The largest absolute Gasteiger partial charge is 0.326 e. The molecular formula is C14H12ClN3O2S. The maximum Gasteiger partial charge on any atom is 0.307 e. The molecule has 0 aliphatic rings. The normalized spacial score (nSPS) is 10.1. The molecule has 1 aromatic carbocycles. The van der Waals surface area contributed by atoms with Gasteiger partial charge in [0.25, 0.3) is 0 Å². The Labute approximate surface area is 130 Å². The van der Waals surface area contributed by atoms with E-state index in [9.17, 15) is 9.59 Å². The topological polar surface area (TPSA) is 74.9 Å². The molecule has 21 heavy (non-hydrogen) atoms. The molecule has 7 heteroatoms. The van der Waals surface area contributed by atoms with Crippen LogP contribution in [0.5, 0.6) is 0 Å². The molecule has 0 saturated carbocycles. The summed E-state index contributed by atoms with van der Waals surface area (Å²) in [6.07, 6.45) is 0.190. The van der Waals surface area contributed by atoms with Gasteiger partial charge >= 0.3 is 4.87 Å². The van der Waals surface area contributed by atoms with Crippen LogP contribution in [0.3, 0.4) is 0 Å². The van der Waals surface area contributed by atoms with Gasteiger partial charge in [-0.05, 0) is 25.1 Å². The number of anilines is 1. The van der Waals surface area contributed by atoms with Gasteiger partial charge < -0.3 is 9.88 Å². The molecule has 1 heterocycles. The van der Waals surface area contributed by atoms with Crippen LogP contribution in [-0.2, 0) is 11.3 Å². The van der Waals surface area contributed by atoms with Crippen LogP contribution in [0.4, 0.5) is 5.69 Å². The second kappa shape index (κ2) is 6.57. The average Bonchev–Trinajstić information content (AvgIpc) is 2.76. The van der Waals surface area contributed by atoms with Gasteiger partial charge in [0.2, 0.25) is 5.91 Å². The number of aromatic nitrogens is 1. The summed E-state index contributed by atoms with van der Waals surface area (Å²) in [4.78, 5) is 23.3. The Morgan fingerprint density at radius 3 is 2.86 bits per heavy atom. The molecule has 0 aliphatic heterocycles. The fourth-order valence-electron chi connectivity index (χ4n) is 1.79. The van der Waals surface area contributed by atoms with E-state index in [1.807, 2.05) is 13.0 Å². The lowest BCUT2D eigenvalue weighted by Gasteiger charge is -2.07. The third kappa shape index (κ3) is 3.72. The predicted molar refractivity (Wildman–Crippen MR) is 82.7 cm³/mol. The molecule has 2 aromatic rings. The lowest BCUT2D eigenvalue weighted by molar-refractivity contribution is -0.116. The summed E-state index contributed by atoms with van der Waals surface area (Å²) in [5.41, 5.74) is 1.73. The third-order valence-electron chi connectivity index (χ3n) is 2.91. The quantitative estimate of drug-likeness (QED) is 0.940. The van der Waals surface area contributed by atoms with Crippen molar-refractivity contribution in [3.05, 3.63) is 49.5 Å². The van der Waals surface area contributed by atoms with Gasteiger partial charge in [-0.1, -0.05) is 22.9 Å². The zero-order chi connectivity index (χ0) is 15.4. The Hall–Kier alpha value is -2.10. The van der Waals surface area contributed by atoms with E-state index in [0.717, 1.165) is 17.0 Å². The number of nitriles is 1. The summed E-state index contributed by atoms with van der Waals surface area (Å²) in [5, 5.41) is 13.5. The molecule has 5 nitrogen and oxygen atoms in total. The number of carbonyl (C=O) groups excluding carboxylic acids is 1. The van der Waals surface area contributed by atoms with E-state index in [0.29, 0.717) is 22.8 Å². The molecule has 0 bridgehead atoms. The highest BCUT2D eigenvalue weighted by atomic mass is 35.5. The van der Waals surface area contributed by atoms with Crippen molar-refractivity contribution in [2.75, 3.05) is 5.32 Å². The van der Waals surface area contributed by atoms with Crippen LogP contribution in [0.15, 0.2) is 28.4 Å². The Bertz CT molecular complexity index is 773. The standard InChI is InChI=1S/C14H12ClN3O2S/c1-9-8-21-14(20)18(9)5-4-13(19)17-11-3-2-10(7-16)12(15)6-11/h2-3,6,8H,4-5H2,1H3,(H,17,19). The fourth-order valence-corrected chi connectivity index (χ4v) is 2.78. The smallest absolute Gasteiger partial charge is 0.307 e. The van der Waals surface area contributed by atoms with Gasteiger partial charge in [-0.15, -0.1) is 0 Å². The zero-order valence-corrected chi connectivity index (χ0v) is 12.8. The first-order valence-electron chi connectivity index (χ1n) is 6.15. The fraction of sp³-hybridized carbons (Fsp3) is 0.214. The number of carbonyl (C=O) groups is 1. The number of rotatable bonds is 4. The number of hydrogen-bond donors (Lipinski definition) is 1. The Kier molecular flexibility index (Phi) is 4.78. The van der Waals surface area contributed by atoms with Gasteiger partial charge in [-0.2, -0.15) is 5.26 Å². The zero-order valence-electron chi connectivity index (χ0n) is 11.2. The van der Waals surface area contributed by atoms with Crippen LogP contribution in [0, 0.1) is 18.3 Å². The number of nitrogens with zero attached hydrogens (tertiary/aromatic N) is 2. The summed E-state index contributed by atoms with van der Waals surface area (Å²) in [6.45, 7) is 2.17. The van der Waals surface area contributed by atoms with E-state index in [1.54, 1.807) is 22.1 Å². The molecular weight excluding hydrogens is 310 g/mol. The van der Waals surface area contributed by atoms with Gasteiger partial charge in [-0.25, -0.2) is 0 Å². The second-order valence-electron chi connectivity index (χ2n) is 4.40. The first-order valence-corrected chi connectivity index (χ1v) is 7.41. The number of hydrogen-bond acceptors (Lipinski definition) is 4. The van der Waals surface area contributed by atoms with Gasteiger partial charge in [0.05, 0.1) is 10.6 Å². The summed E-state index contributed by atoms with van der Waals surface area (Å²) < 4.78 is 1.57. The van der Waals surface area contributed by atoms with E-state index >= 15 is 0 Å². The minimum Gasteiger partial charge on any atom is -0.326 e. The van der Waals surface area contributed by atoms with Gasteiger partial charge in [0.15, 0.2) is 0 Å². The molecule has 0 spiro atoms. The van der Waals surface area contributed by atoms with Crippen LogP contribution in [0.2, 0.25) is 5.02 Å². The third-order valence-corrected chi connectivity index (χ3v) is 4.11. The number of nitrogens with one attached hydrogen (secondary N) is 1. The van der Waals surface area contributed by atoms with Crippen molar-refractivity contribution in [2.45, 2.75) is 19.9 Å². The van der Waals surface area contributed by atoms with Crippen LogP contribution >= 0.6 is 22.9 Å². The first kappa shape index (κ1) is 15.3. The SMILES string of the molecule is Cc1csc(=O)n1CCC(=O)Nc1ccc(C#N)c(Cl)c1. The van der Waals surface area contributed by atoms with Gasteiger partial charge in [0.1, 0.15) is 6.07 Å². The van der Waals surface area contributed by atoms with Gasteiger partial charge in [-0.3, -0.25) is 9.59 Å². The van der Waals surface area contributed by atoms with Crippen molar-refractivity contribution in [1.29, 1.82) is 5.26 Å². The van der Waals surface area contributed by atoms with Gasteiger partial charge in [0, 0.05) is 29.7 Å². The van der Waals surface area contributed by atoms with E-state index in [-0.39, 0.29) is 17.2 Å². The number of amides is 1. The number of halogens is 1. The van der Waals surface area contributed by atoms with Crippen LogP contribution in [0.1, 0.15) is 17.7 Å².